The number of anilines is 1. The molecular formula is C15H11BrN2O2S. The van der Waals surface area contributed by atoms with Gasteiger partial charge in [0.05, 0.1) is 10.4 Å². The van der Waals surface area contributed by atoms with E-state index < -0.39 is 10.0 Å². The molecule has 0 radical (unpaired) electrons. The molecule has 4 nitrogen and oxygen atoms in total. The molecule has 0 aliphatic rings. The van der Waals surface area contributed by atoms with E-state index in [0.717, 1.165) is 10.9 Å². The van der Waals surface area contributed by atoms with Crippen LogP contribution in [0.2, 0.25) is 0 Å². The molecule has 1 aromatic heterocycles. The van der Waals surface area contributed by atoms with Crippen LogP contribution in [0.25, 0.3) is 10.9 Å². The van der Waals surface area contributed by atoms with E-state index in [1.807, 2.05) is 12.1 Å². The van der Waals surface area contributed by atoms with E-state index in [0.29, 0.717) is 10.2 Å². The summed E-state index contributed by atoms with van der Waals surface area (Å²) in [4.78, 5) is 4.42. The van der Waals surface area contributed by atoms with Crippen LogP contribution in [-0.2, 0) is 10.0 Å². The predicted molar refractivity (Wildman–Crippen MR) is 86.7 cm³/mol. The molecule has 0 saturated carbocycles. The summed E-state index contributed by atoms with van der Waals surface area (Å²) in [7, 11) is -3.60. The van der Waals surface area contributed by atoms with Crippen LogP contribution in [0.4, 0.5) is 5.69 Å². The molecule has 3 rings (SSSR count). The molecule has 0 aliphatic heterocycles. The van der Waals surface area contributed by atoms with Crippen LogP contribution in [0, 0.1) is 0 Å². The quantitative estimate of drug-likeness (QED) is 0.770. The van der Waals surface area contributed by atoms with Crippen molar-refractivity contribution in [3.63, 3.8) is 0 Å². The fourth-order valence-corrected chi connectivity index (χ4v) is 3.63. The molecule has 1 heterocycles. The zero-order chi connectivity index (χ0) is 14.9. The fraction of sp³-hybridized carbons (Fsp3) is 0. The van der Waals surface area contributed by atoms with Gasteiger partial charge in [-0.05, 0) is 42.5 Å². The largest absolute Gasteiger partial charge is 0.280 e. The smallest absolute Gasteiger partial charge is 0.261 e. The summed E-state index contributed by atoms with van der Waals surface area (Å²) in [5.74, 6) is 0. The maximum atomic E-state index is 12.3. The van der Waals surface area contributed by atoms with Crippen molar-refractivity contribution in [1.82, 2.24) is 4.98 Å². The minimum Gasteiger partial charge on any atom is -0.280 e. The number of nitrogens with zero attached hydrogens (tertiary/aromatic N) is 1. The number of nitrogens with one attached hydrogen (secondary N) is 1. The van der Waals surface area contributed by atoms with Gasteiger partial charge < -0.3 is 0 Å². The van der Waals surface area contributed by atoms with E-state index in [-0.39, 0.29) is 4.90 Å². The molecule has 0 amide bonds. The molecular weight excluding hydrogens is 352 g/mol. The van der Waals surface area contributed by atoms with E-state index in [4.69, 9.17) is 0 Å². The van der Waals surface area contributed by atoms with Crippen LogP contribution in [0.5, 0.6) is 0 Å². The van der Waals surface area contributed by atoms with Gasteiger partial charge in [0.15, 0.2) is 0 Å². The highest BCUT2D eigenvalue weighted by Crippen LogP contribution is 2.22. The van der Waals surface area contributed by atoms with Gasteiger partial charge in [0.2, 0.25) is 0 Å². The van der Waals surface area contributed by atoms with Gasteiger partial charge in [-0.3, -0.25) is 9.71 Å². The van der Waals surface area contributed by atoms with E-state index in [9.17, 15) is 8.42 Å². The third kappa shape index (κ3) is 3.06. The summed E-state index contributed by atoms with van der Waals surface area (Å²) in [5.41, 5.74) is 1.33. The van der Waals surface area contributed by atoms with Gasteiger partial charge >= 0.3 is 0 Å². The maximum Gasteiger partial charge on any atom is 0.261 e. The Labute approximate surface area is 131 Å². The van der Waals surface area contributed by atoms with Gasteiger partial charge in [-0.2, -0.15) is 0 Å². The first kappa shape index (κ1) is 14.0. The zero-order valence-corrected chi connectivity index (χ0v) is 13.2. The molecule has 0 saturated heterocycles. The lowest BCUT2D eigenvalue weighted by Gasteiger charge is -2.09. The van der Waals surface area contributed by atoms with Crippen molar-refractivity contribution < 1.29 is 8.42 Å². The number of hydrogen-bond donors (Lipinski definition) is 1. The van der Waals surface area contributed by atoms with E-state index in [1.54, 1.807) is 48.7 Å². The van der Waals surface area contributed by atoms with Gasteiger partial charge in [-0.15, -0.1) is 0 Å². The molecule has 0 fully saturated rings. The molecule has 0 spiro atoms. The van der Waals surface area contributed by atoms with Crippen molar-refractivity contribution in [2.24, 2.45) is 0 Å². The van der Waals surface area contributed by atoms with Gasteiger partial charge in [-0.25, -0.2) is 8.42 Å². The van der Waals surface area contributed by atoms with E-state index in [2.05, 4.69) is 25.6 Å². The summed E-state index contributed by atoms with van der Waals surface area (Å²) in [6.07, 6.45) is 1.70. The number of sulfonamides is 1. The highest BCUT2D eigenvalue weighted by Gasteiger charge is 2.14. The highest BCUT2D eigenvalue weighted by molar-refractivity contribution is 9.10. The first-order valence-electron chi connectivity index (χ1n) is 6.18. The van der Waals surface area contributed by atoms with Crippen molar-refractivity contribution in [2.75, 3.05) is 4.72 Å². The van der Waals surface area contributed by atoms with Gasteiger partial charge in [-0.1, -0.05) is 28.1 Å². The number of pyridine rings is 1. The molecule has 0 unspecified atom stereocenters. The first-order valence-corrected chi connectivity index (χ1v) is 8.45. The average molecular weight is 363 g/mol. The highest BCUT2D eigenvalue weighted by atomic mass is 79.9. The Morgan fingerprint density at radius 2 is 1.86 bits per heavy atom. The minimum absolute atomic E-state index is 0.211. The Bertz CT molecular complexity index is 910. The van der Waals surface area contributed by atoms with Crippen LogP contribution in [0.1, 0.15) is 0 Å². The number of fused-ring (bicyclic) bond motifs is 1. The van der Waals surface area contributed by atoms with Crippen LogP contribution in [0.15, 0.2) is 70.2 Å². The lowest BCUT2D eigenvalue weighted by molar-refractivity contribution is 0.601. The summed E-state index contributed by atoms with van der Waals surface area (Å²) in [5, 5.41) is 0.881. The molecule has 1 N–H and O–H groups in total. The SMILES string of the molecule is O=S(=O)(Nc1ccc2ncccc2c1)c1cccc(Br)c1. The second kappa shape index (κ2) is 5.46. The molecule has 0 aliphatic carbocycles. The maximum absolute atomic E-state index is 12.3. The van der Waals surface area contributed by atoms with Crippen molar-refractivity contribution in [2.45, 2.75) is 4.90 Å². The first-order chi connectivity index (χ1) is 10.0. The molecule has 0 bridgehead atoms. The minimum atomic E-state index is -3.60. The van der Waals surface area contributed by atoms with Crippen molar-refractivity contribution >= 4 is 42.5 Å². The molecule has 106 valence electrons. The molecule has 0 atom stereocenters. The van der Waals surface area contributed by atoms with Crippen molar-refractivity contribution in [3.05, 3.63) is 65.3 Å². The van der Waals surface area contributed by atoms with E-state index in [1.165, 1.54) is 0 Å². The van der Waals surface area contributed by atoms with Gasteiger partial charge in [0, 0.05) is 21.7 Å². The van der Waals surface area contributed by atoms with Crippen LogP contribution in [-0.4, -0.2) is 13.4 Å². The Morgan fingerprint density at radius 1 is 1.00 bits per heavy atom. The summed E-state index contributed by atoms with van der Waals surface area (Å²) in [6, 6.07) is 15.5. The number of benzene rings is 2. The van der Waals surface area contributed by atoms with Crippen molar-refractivity contribution in [1.29, 1.82) is 0 Å². The monoisotopic (exact) mass is 362 g/mol. The standard InChI is InChI=1S/C15H11BrN2O2S/c16-12-4-1-5-14(10-12)21(19,20)18-13-6-7-15-11(9-13)3-2-8-17-15/h1-10,18H. The fourth-order valence-electron chi connectivity index (χ4n) is 1.99. The lowest BCUT2D eigenvalue weighted by Crippen LogP contribution is -2.12. The van der Waals surface area contributed by atoms with Gasteiger partial charge in [0.25, 0.3) is 10.0 Å². The molecule has 3 aromatic rings. The molecule has 6 heteroatoms. The number of halogens is 1. The number of aromatic nitrogens is 1. The normalized spacial score (nSPS) is 11.5. The van der Waals surface area contributed by atoms with Crippen LogP contribution < -0.4 is 4.72 Å². The Morgan fingerprint density at radius 3 is 2.67 bits per heavy atom. The van der Waals surface area contributed by atoms with Crippen LogP contribution >= 0.6 is 15.9 Å². The topological polar surface area (TPSA) is 59.1 Å². The number of rotatable bonds is 3. The Kier molecular flexibility index (Phi) is 3.65. The summed E-state index contributed by atoms with van der Waals surface area (Å²) < 4.78 is 28.0. The summed E-state index contributed by atoms with van der Waals surface area (Å²) in [6.45, 7) is 0. The Hall–Kier alpha value is -1.92. The van der Waals surface area contributed by atoms with Crippen LogP contribution in [0.3, 0.4) is 0 Å². The summed E-state index contributed by atoms with van der Waals surface area (Å²) >= 11 is 3.27. The third-order valence-electron chi connectivity index (χ3n) is 2.96. The van der Waals surface area contributed by atoms with E-state index >= 15 is 0 Å². The molecule has 21 heavy (non-hydrogen) atoms. The second-order valence-electron chi connectivity index (χ2n) is 4.47. The predicted octanol–water partition coefficient (Wildman–Crippen LogP) is 3.80. The third-order valence-corrected chi connectivity index (χ3v) is 4.83. The lowest BCUT2D eigenvalue weighted by atomic mass is 10.2. The Balaban J connectivity index is 1.97. The van der Waals surface area contributed by atoms with Gasteiger partial charge in [0.1, 0.15) is 0 Å². The second-order valence-corrected chi connectivity index (χ2v) is 7.07. The number of hydrogen-bond acceptors (Lipinski definition) is 3. The molecule has 2 aromatic carbocycles. The average Bonchev–Trinajstić information content (AvgIpc) is 2.47. The van der Waals surface area contributed by atoms with Crippen molar-refractivity contribution in [3.8, 4) is 0 Å². The zero-order valence-electron chi connectivity index (χ0n) is 10.8.